The predicted octanol–water partition coefficient (Wildman–Crippen LogP) is 5.65. The third-order valence-corrected chi connectivity index (χ3v) is 8.33. The molecule has 1 aliphatic carbocycles. The monoisotopic (exact) mass is 473 g/mol. The van der Waals surface area contributed by atoms with Gasteiger partial charge in [-0.15, -0.1) is 0 Å². The minimum Gasteiger partial charge on any atom is -0.481 e. The first-order valence-electron chi connectivity index (χ1n) is 11.5. The molecule has 0 spiro atoms. The summed E-state index contributed by atoms with van der Waals surface area (Å²) in [4.78, 5) is 23.6. The van der Waals surface area contributed by atoms with E-state index in [2.05, 4.69) is 40.2 Å². The molecule has 1 saturated heterocycles. The fraction of sp³-hybridized carbons (Fsp3) is 0.296. The fourth-order valence-electron chi connectivity index (χ4n) is 4.93. The van der Waals surface area contributed by atoms with Gasteiger partial charge in [0.2, 0.25) is 0 Å². The Morgan fingerprint density at radius 2 is 1.88 bits per heavy atom. The van der Waals surface area contributed by atoms with E-state index in [1.54, 1.807) is 12.1 Å². The van der Waals surface area contributed by atoms with Crippen LogP contribution in [0, 0.1) is 11.7 Å². The minimum absolute atomic E-state index is 0.0147. The molecule has 2 aromatic carbocycles. The number of likely N-dealkylation sites (tertiary alicyclic amines) is 1. The number of halogens is 1. The number of thiazole rings is 1. The largest absolute Gasteiger partial charge is 0.481 e. The second kappa shape index (κ2) is 7.96. The lowest BCUT2D eigenvalue weighted by atomic mass is 9.92. The van der Waals surface area contributed by atoms with E-state index in [0.29, 0.717) is 23.7 Å². The molecule has 1 atom stereocenters. The first kappa shape index (κ1) is 21.4. The average molecular weight is 474 g/mol. The summed E-state index contributed by atoms with van der Waals surface area (Å²) in [6.45, 7) is 2.97. The van der Waals surface area contributed by atoms with Gasteiger partial charge in [-0.1, -0.05) is 47.7 Å². The van der Waals surface area contributed by atoms with Crippen LogP contribution < -0.4 is 0 Å². The van der Waals surface area contributed by atoms with Gasteiger partial charge in [-0.05, 0) is 55.2 Å². The smallest absolute Gasteiger partial charge is 0.309 e. The van der Waals surface area contributed by atoms with Gasteiger partial charge >= 0.3 is 5.97 Å². The topological polar surface area (TPSA) is 66.3 Å². The molecule has 0 amide bonds. The SMILES string of the molecule is CC(c1ccc(-c2nc3ccc(C4(c5ccccc5)CC4)nc3s2)c(F)c1)N1CC(C(=O)O)C1. The molecule has 2 fully saturated rings. The van der Waals surface area contributed by atoms with Crippen LogP contribution in [0.2, 0.25) is 0 Å². The van der Waals surface area contributed by atoms with Crippen molar-refractivity contribution < 1.29 is 14.3 Å². The Balaban J connectivity index is 1.27. The Morgan fingerprint density at radius 1 is 1.12 bits per heavy atom. The first-order valence-corrected chi connectivity index (χ1v) is 12.4. The number of nitrogens with zero attached hydrogens (tertiary/aromatic N) is 3. The number of aliphatic carboxylic acids is 1. The number of pyridine rings is 1. The van der Waals surface area contributed by atoms with E-state index in [0.717, 1.165) is 34.4 Å². The van der Waals surface area contributed by atoms with Crippen molar-refractivity contribution in [2.24, 2.45) is 5.92 Å². The number of carbonyl (C=O) groups is 1. The highest BCUT2D eigenvalue weighted by Gasteiger charge is 2.47. The van der Waals surface area contributed by atoms with Gasteiger partial charge < -0.3 is 5.11 Å². The molecular weight excluding hydrogens is 449 g/mol. The second-order valence-corrected chi connectivity index (χ2v) is 10.4. The molecule has 5 nitrogen and oxygen atoms in total. The second-order valence-electron chi connectivity index (χ2n) is 9.39. The Bertz CT molecular complexity index is 1390. The lowest BCUT2D eigenvalue weighted by Crippen LogP contribution is -2.51. The molecule has 7 heteroatoms. The van der Waals surface area contributed by atoms with E-state index in [9.17, 15) is 4.79 Å². The number of hydrogen-bond donors (Lipinski definition) is 1. The van der Waals surface area contributed by atoms with E-state index in [1.165, 1.54) is 16.9 Å². The maximum atomic E-state index is 15.1. The van der Waals surface area contributed by atoms with E-state index >= 15 is 4.39 Å². The van der Waals surface area contributed by atoms with Crippen molar-refractivity contribution in [1.82, 2.24) is 14.9 Å². The lowest BCUT2D eigenvalue weighted by Gasteiger charge is -2.41. The molecule has 34 heavy (non-hydrogen) atoms. The van der Waals surface area contributed by atoms with Crippen LogP contribution in [0.25, 0.3) is 20.9 Å². The number of benzene rings is 2. The van der Waals surface area contributed by atoms with Crippen molar-refractivity contribution in [2.75, 3.05) is 13.1 Å². The summed E-state index contributed by atoms with van der Waals surface area (Å²) in [6, 6.07) is 19.8. The molecule has 4 aromatic rings. The summed E-state index contributed by atoms with van der Waals surface area (Å²) in [5.74, 6) is -1.42. The predicted molar refractivity (Wildman–Crippen MR) is 130 cm³/mol. The van der Waals surface area contributed by atoms with Gasteiger partial charge in [0.15, 0.2) is 0 Å². The zero-order chi connectivity index (χ0) is 23.4. The summed E-state index contributed by atoms with van der Waals surface area (Å²) >= 11 is 1.42. The Kier molecular flexibility index (Phi) is 5.00. The number of aromatic nitrogens is 2. The average Bonchev–Trinajstić information content (AvgIpc) is 3.51. The first-order chi connectivity index (χ1) is 16.4. The molecule has 172 valence electrons. The van der Waals surface area contributed by atoms with Crippen LogP contribution in [-0.4, -0.2) is 39.0 Å². The Labute approximate surface area is 200 Å². The summed E-state index contributed by atoms with van der Waals surface area (Å²) in [5.41, 5.74) is 4.42. The van der Waals surface area contributed by atoms with Gasteiger partial charge in [-0.3, -0.25) is 9.69 Å². The summed E-state index contributed by atoms with van der Waals surface area (Å²) in [6.07, 6.45) is 2.17. The minimum atomic E-state index is -0.769. The van der Waals surface area contributed by atoms with Crippen molar-refractivity contribution in [3.63, 3.8) is 0 Å². The molecule has 1 saturated carbocycles. The van der Waals surface area contributed by atoms with Crippen LogP contribution in [0.15, 0.2) is 60.7 Å². The lowest BCUT2D eigenvalue weighted by molar-refractivity contribution is -0.148. The molecule has 2 aromatic heterocycles. The van der Waals surface area contributed by atoms with E-state index in [-0.39, 0.29) is 23.2 Å². The maximum absolute atomic E-state index is 15.1. The summed E-state index contributed by atoms with van der Waals surface area (Å²) < 4.78 is 15.1. The van der Waals surface area contributed by atoms with Crippen LogP contribution in [0.3, 0.4) is 0 Å². The number of hydrogen-bond acceptors (Lipinski definition) is 5. The fourth-order valence-corrected chi connectivity index (χ4v) is 5.90. The Hall–Kier alpha value is -3.16. The quantitative estimate of drug-likeness (QED) is 0.392. The molecule has 3 heterocycles. The maximum Gasteiger partial charge on any atom is 0.309 e. The molecule has 0 radical (unpaired) electrons. The van der Waals surface area contributed by atoms with Gasteiger partial charge in [0.1, 0.15) is 21.2 Å². The molecule has 1 aliphatic heterocycles. The molecule has 2 aliphatic rings. The molecule has 1 unspecified atom stereocenters. The molecular formula is C27H24FN3O2S. The van der Waals surface area contributed by atoms with E-state index in [1.807, 2.05) is 25.1 Å². The normalized spacial score (nSPS) is 18.5. The number of fused-ring (bicyclic) bond motifs is 1. The van der Waals surface area contributed by atoms with Crippen LogP contribution >= 0.6 is 11.3 Å². The highest BCUT2D eigenvalue weighted by Crippen LogP contribution is 2.53. The summed E-state index contributed by atoms with van der Waals surface area (Å²) in [7, 11) is 0. The standard InChI is InChI=1S/C27H24FN3O2S/c1-16(31-14-18(15-31)26(32)33)17-7-8-20(21(28)13-17)24-29-22-9-10-23(30-25(22)34-24)27(11-12-27)19-5-3-2-4-6-19/h2-10,13,16,18H,11-12,14-15H2,1H3,(H,32,33). The highest BCUT2D eigenvalue weighted by atomic mass is 32.1. The summed E-state index contributed by atoms with van der Waals surface area (Å²) in [5, 5.41) is 9.72. The van der Waals surface area contributed by atoms with Crippen molar-refractivity contribution in [3.05, 3.63) is 83.3 Å². The van der Waals surface area contributed by atoms with Gasteiger partial charge in [0.05, 0.1) is 11.6 Å². The zero-order valence-electron chi connectivity index (χ0n) is 18.7. The van der Waals surface area contributed by atoms with Crippen LogP contribution in [0.4, 0.5) is 4.39 Å². The van der Waals surface area contributed by atoms with Crippen molar-refractivity contribution in [2.45, 2.75) is 31.2 Å². The number of carboxylic acids is 1. The third kappa shape index (κ3) is 3.51. The molecule has 0 bridgehead atoms. The van der Waals surface area contributed by atoms with E-state index in [4.69, 9.17) is 10.1 Å². The third-order valence-electron chi connectivity index (χ3n) is 7.33. The van der Waals surface area contributed by atoms with E-state index < -0.39 is 5.97 Å². The van der Waals surface area contributed by atoms with Gasteiger partial charge in [0, 0.05) is 30.1 Å². The van der Waals surface area contributed by atoms with Crippen molar-refractivity contribution >= 4 is 27.7 Å². The Morgan fingerprint density at radius 3 is 2.56 bits per heavy atom. The van der Waals surface area contributed by atoms with Crippen molar-refractivity contribution in [1.29, 1.82) is 0 Å². The molecule has 1 N–H and O–H groups in total. The number of carboxylic acid groups (broad SMARTS) is 1. The van der Waals surface area contributed by atoms with Gasteiger partial charge in [-0.25, -0.2) is 14.4 Å². The van der Waals surface area contributed by atoms with Crippen LogP contribution in [0.5, 0.6) is 0 Å². The van der Waals surface area contributed by atoms with Gasteiger partial charge in [0.25, 0.3) is 0 Å². The van der Waals surface area contributed by atoms with Crippen LogP contribution in [0.1, 0.15) is 42.6 Å². The van der Waals surface area contributed by atoms with Crippen molar-refractivity contribution in [3.8, 4) is 10.6 Å². The highest BCUT2D eigenvalue weighted by molar-refractivity contribution is 7.21. The van der Waals surface area contributed by atoms with Gasteiger partial charge in [-0.2, -0.15) is 0 Å². The zero-order valence-corrected chi connectivity index (χ0v) is 19.6. The number of rotatable bonds is 6. The van der Waals surface area contributed by atoms with Crippen LogP contribution in [-0.2, 0) is 10.2 Å². The molecule has 6 rings (SSSR count).